The summed E-state index contributed by atoms with van der Waals surface area (Å²) in [4.78, 5) is 23.4. The second-order valence-electron chi connectivity index (χ2n) is 8.19. The predicted molar refractivity (Wildman–Crippen MR) is 131 cm³/mol. The molecule has 2 N–H and O–H groups in total. The second kappa shape index (κ2) is 10.8. The first-order valence-corrected chi connectivity index (χ1v) is 10.2. The molecule has 0 saturated carbocycles. The van der Waals surface area contributed by atoms with Crippen molar-refractivity contribution in [2.45, 2.75) is 52.5 Å². The molecular weight excluding hydrogens is 493 g/mol. The van der Waals surface area contributed by atoms with Crippen LogP contribution in [0.3, 0.4) is 0 Å². The third-order valence-corrected chi connectivity index (χ3v) is 4.83. The molecule has 30 heavy (non-hydrogen) atoms. The van der Waals surface area contributed by atoms with Crippen molar-refractivity contribution in [3.63, 3.8) is 0 Å². The number of hydrogen-bond acceptors (Lipinski definition) is 4. The van der Waals surface area contributed by atoms with Crippen LogP contribution in [0.4, 0.5) is 5.69 Å². The van der Waals surface area contributed by atoms with Gasteiger partial charge in [0.05, 0.1) is 12.7 Å². The fraction of sp³-hybridized carbons (Fsp3) is 0.500. The van der Waals surface area contributed by atoms with E-state index < -0.39 is 0 Å². The summed E-state index contributed by atoms with van der Waals surface area (Å²) in [6.45, 7) is 10.2. The highest BCUT2D eigenvalue weighted by molar-refractivity contribution is 14.0. The summed E-state index contributed by atoms with van der Waals surface area (Å²) in [6, 6.07) is 8.09. The number of para-hydroxylation sites is 1. The van der Waals surface area contributed by atoms with E-state index in [1.54, 1.807) is 6.20 Å². The molecule has 1 aromatic heterocycles. The molecule has 0 spiro atoms. The number of carbonyl (C=O) groups excluding carboxylic acids is 1. The van der Waals surface area contributed by atoms with Crippen molar-refractivity contribution >= 4 is 41.5 Å². The summed E-state index contributed by atoms with van der Waals surface area (Å²) >= 11 is 0. The second-order valence-corrected chi connectivity index (χ2v) is 8.19. The fourth-order valence-electron chi connectivity index (χ4n) is 3.26. The highest BCUT2D eigenvalue weighted by Crippen LogP contribution is 2.26. The van der Waals surface area contributed by atoms with E-state index in [0.29, 0.717) is 24.9 Å². The van der Waals surface area contributed by atoms with Crippen LogP contribution in [-0.2, 0) is 23.2 Å². The Morgan fingerprint density at radius 2 is 2.03 bits per heavy atom. The van der Waals surface area contributed by atoms with Gasteiger partial charge < -0.3 is 20.0 Å². The number of halogens is 1. The number of guanidine groups is 1. The first kappa shape index (κ1) is 24.2. The number of oxazole rings is 1. The number of aliphatic imine (C=N–C) groups is 1. The van der Waals surface area contributed by atoms with E-state index >= 15 is 0 Å². The number of benzene rings is 1. The molecule has 3 rings (SSSR count). The summed E-state index contributed by atoms with van der Waals surface area (Å²) in [5.41, 5.74) is 2.15. The van der Waals surface area contributed by atoms with E-state index in [-0.39, 0.29) is 41.8 Å². The van der Waals surface area contributed by atoms with E-state index in [9.17, 15) is 4.79 Å². The number of aromatic nitrogens is 1. The Hall–Kier alpha value is -2.10. The zero-order chi connectivity index (χ0) is 20.9. The molecule has 1 aliphatic heterocycles. The Kier molecular flexibility index (Phi) is 8.69. The van der Waals surface area contributed by atoms with Crippen LogP contribution in [0.5, 0.6) is 0 Å². The molecule has 0 aliphatic carbocycles. The van der Waals surface area contributed by atoms with Gasteiger partial charge in [-0.15, -0.1) is 24.0 Å². The smallest absolute Gasteiger partial charge is 0.248 e. The van der Waals surface area contributed by atoms with Crippen molar-refractivity contribution < 1.29 is 9.21 Å². The molecule has 1 aliphatic rings. The predicted octanol–water partition coefficient (Wildman–Crippen LogP) is 3.62. The summed E-state index contributed by atoms with van der Waals surface area (Å²) in [5.74, 6) is 2.01. The number of fused-ring (bicyclic) bond motifs is 1. The number of aryl methyl sites for hydroxylation is 1. The van der Waals surface area contributed by atoms with Gasteiger partial charge >= 0.3 is 0 Å². The van der Waals surface area contributed by atoms with Gasteiger partial charge in [0.2, 0.25) is 11.8 Å². The maximum absolute atomic E-state index is 12.8. The van der Waals surface area contributed by atoms with Gasteiger partial charge in [-0.2, -0.15) is 0 Å². The fourth-order valence-corrected chi connectivity index (χ4v) is 3.26. The maximum Gasteiger partial charge on any atom is 0.248 e. The molecule has 2 aromatic rings. The topological polar surface area (TPSA) is 82.8 Å². The summed E-state index contributed by atoms with van der Waals surface area (Å²) in [5, 5.41) is 6.36. The van der Waals surface area contributed by atoms with Crippen LogP contribution in [0, 0.1) is 0 Å². The monoisotopic (exact) mass is 525 g/mol. The van der Waals surface area contributed by atoms with Crippen LogP contribution >= 0.6 is 24.0 Å². The zero-order valence-corrected chi connectivity index (χ0v) is 20.5. The van der Waals surface area contributed by atoms with Crippen LogP contribution in [-0.4, -0.2) is 36.5 Å². The zero-order valence-electron chi connectivity index (χ0n) is 18.2. The molecule has 0 atom stereocenters. The van der Waals surface area contributed by atoms with Gasteiger partial charge in [0, 0.05) is 24.2 Å². The van der Waals surface area contributed by atoms with E-state index in [1.807, 2.05) is 30.0 Å². The standard InChI is InChI=1S/C22H31N5O2.HI/c1-5-23-21(25-14-19-24-13-18(29-19)22(2,3)4)26-15-20(28)27-12-8-10-16-9-6-7-11-17(16)27;/h6-7,9,11,13H,5,8,10,12,14-15H2,1-4H3,(H2,23,25,26);1H. The van der Waals surface area contributed by atoms with E-state index in [1.165, 1.54) is 5.56 Å². The lowest BCUT2D eigenvalue weighted by molar-refractivity contribution is -0.117. The minimum absolute atomic E-state index is 0. The summed E-state index contributed by atoms with van der Waals surface area (Å²) < 4.78 is 5.80. The Morgan fingerprint density at radius 1 is 1.27 bits per heavy atom. The highest BCUT2D eigenvalue weighted by Gasteiger charge is 2.22. The number of amides is 1. The SMILES string of the molecule is CCNC(=NCC(=O)N1CCCc2ccccc21)NCc1ncc(C(C)(C)C)o1.I. The molecule has 1 aromatic carbocycles. The van der Waals surface area contributed by atoms with Gasteiger partial charge in [-0.1, -0.05) is 39.0 Å². The van der Waals surface area contributed by atoms with Crippen molar-refractivity contribution in [3.05, 3.63) is 47.7 Å². The molecule has 0 fully saturated rings. The van der Waals surface area contributed by atoms with Gasteiger partial charge in [-0.25, -0.2) is 9.98 Å². The van der Waals surface area contributed by atoms with Crippen molar-refractivity contribution in [1.82, 2.24) is 15.6 Å². The van der Waals surface area contributed by atoms with Gasteiger partial charge in [0.1, 0.15) is 12.3 Å². The first-order chi connectivity index (χ1) is 13.9. The quantitative estimate of drug-likeness (QED) is 0.354. The normalized spacial score (nSPS) is 14.0. The number of anilines is 1. The Bertz CT molecular complexity index is 872. The lowest BCUT2D eigenvalue weighted by Crippen LogP contribution is -2.40. The van der Waals surface area contributed by atoms with Crippen molar-refractivity contribution in [2.75, 3.05) is 24.5 Å². The number of nitrogens with one attached hydrogen (secondary N) is 2. The molecule has 1 amide bonds. The van der Waals surface area contributed by atoms with E-state index in [0.717, 1.165) is 30.8 Å². The van der Waals surface area contributed by atoms with Crippen LogP contribution in [0.1, 0.15) is 51.3 Å². The highest BCUT2D eigenvalue weighted by atomic mass is 127. The molecule has 8 heteroatoms. The largest absolute Gasteiger partial charge is 0.443 e. The minimum Gasteiger partial charge on any atom is -0.443 e. The molecule has 0 saturated heterocycles. The Morgan fingerprint density at radius 3 is 2.73 bits per heavy atom. The molecule has 2 heterocycles. The molecular formula is C22H32IN5O2. The van der Waals surface area contributed by atoms with Gasteiger partial charge in [0.15, 0.2) is 5.96 Å². The number of hydrogen-bond donors (Lipinski definition) is 2. The van der Waals surface area contributed by atoms with Crippen LogP contribution in [0.25, 0.3) is 0 Å². The Balaban J connectivity index is 0.00000320. The summed E-state index contributed by atoms with van der Waals surface area (Å²) in [7, 11) is 0. The lowest BCUT2D eigenvalue weighted by atomic mass is 9.94. The molecule has 164 valence electrons. The van der Waals surface area contributed by atoms with E-state index in [4.69, 9.17) is 4.42 Å². The van der Waals surface area contributed by atoms with Crippen LogP contribution < -0.4 is 15.5 Å². The number of nitrogens with zero attached hydrogens (tertiary/aromatic N) is 3. The van der Waals surface area contributed by atoms with Crippen LogP contribution in [0.2, 0.25) is 0 Å². The molecule has 0 unspecified atom stereocenters. The van der Waals surface area contributed by atoms with Crippen molar-refractivity contribution in [1.29, 1.82) is 0 Å². The van der Waals surface area contributed by atoms with Crippen molar-refractivity contribution in [3.8, 4) is 0 Å². The number of carbonyl (C=O) groups is 1. The van der Waals surface area contributed by atoms with Crippen LogP contribution in [0.15, 0.2) is 39.9 Å². The summed E-state index contributed by atoms with van der Waals surface area (Å²) in [6.07, 6.45) is 3.75. The third-order valence-electron chi connectivity index (χ3n) is 4.83. The molecule has 0 bridgehead atoms. The Labute approximate surface area is 195 Å². The first-order valence-electron chi connectivity index (χ1n) is 10.2. The average Bonchev–Trinajstić information content (AvgIpc) is 3.19. The number of rotatable bonds is 5. The van der Waals surface area contributed by atoms with Gasteiger partial charge in [-0.3, -0.25) is 4.79 Å². The third kappa shape index (κ3) is 6.20. The van der Waals surface area contributed by atoms with E-state index in [2.05, 4.69) is 47.4 Å². The maximum atomic E-state index is 12.8. The average molecular weight is 525 g/mol. The van der Waals surface area contributed by atoms with Crippen molar-refractivity contribution in [2.24, 2.45) is 4.99 Å². The lowest BCUT2D eigenvalue weighted by Gasteiger charge is -2.29. The molecule has 0 radical (unpaired) electrons. The van der Waals surface area contributed by atoms with Gasteiger partial charge in [-0.05, 0) is 31.4 Å². The van der Waals surface area contributed by atoms with Gasteiger partial charge in [0.25, 0.3) is 0 Å². The molecule has 7 nitrogen and oxygen atoms in total. The minimum atomic E-state index is -0.0823.